The van der Waals surface area contributed by atoms with Gasteiger partial charge in [0.1, 0.15) is 11.4 Å². The Labute approximate surface area is 235 Å². The first kappa shape index (κ1) is 27.0. The van der Waals surface area contributed by atoms with Crippen LogP contribution in [0.25, 0.3) is 11.8 Å². The van der Waals surface area contributed by atoms with Crippen molar-refractivity contribution in [2.24, 2.45) is 0 Å². The number of methoxy groups -OCH3 is 1. The molecule has 0 unspecified atom stereocenters. The SMILES string of the molecule is COc1ccc(/C=C2\SC(=O)N(Cc3cn(-c4ccc([N+](=O)[O-])cc4)nn3)C2=O)cc1Oc1ccc([N+](=O)[O-])cc1. The number of carbonyl (C=O) groups excluding carboxylic acids is 2. The van der Waals surface area contributed by atoms with Gasteiger partial charge in [0.25, 0.3) is 22.5 Å². The predicted molar refractivity (Wildman–Crippen MR) is 146 cm³/mol. The zero-order chi connectivity index (χ0) is 29.1. The fourth-order valence-corrected chi connectivity index (χ4v) is 4.64. The monoisotopic (exact) mass is 574 g/mol. The van der Waals surface area contributed by atoms with E-state index in [0.29, 0.717) is 34.2 Å². The molecule has 2 amide bonds. The molecule has 4 aromatic rings. The number of benzene rings is 3. The van der Waals surface area contributed by atoms with Crippen molar-refractivity contribution < 1.29 is 28.9 Å². The summed E-state index contributed by atoms with van der Waals surface area (Å²) in [5.41, 5.74) is 1.27. The zero-order valence-electron chi connectivity index (χ0n) is 21.1. The Balaban J connectivity index is 1.31. The number of nitro benzene ring substituents is 2. The van der Waals surface area contributed by atoms with Crippen LogP contribution in [0, 0.1) is 20.2 Å². The van der Waals surface area contributed by atoms with Crippen molar-refractivity contribution in [1.82, 2.24) is 19.9 Å². The Morgan fingerprint density at radius 1 is 0.927 bits per heavy atom. The molecule has 0 N–H and O–H groups in total. The molecule has 1 aliphatic heterocycles. The maximum atomic E-state index is 13.1. The summed E-state index contributed by atoms with van der Waals surface area (Å²) < 4.78 is 12.6. The van der Waals surface area contributed by atoms with E-state index in [-0.39, 0.29) is 22.8 Å². The fourth-order valence-electron chi connectivity index (χ4n) is 3.80. The third kappa shape index (κ3) is 5.89. The molecule has 2 heterocycles. The lowest BCUT2D eigenvalue weighted by molar-refractivity contribution is -0.385. The lowest BCUT2D eigenvalue weighted by Gasteiger charge is -2.11. The molecule has 0 bridgehead atoms. The number of aromatic nitrogens is 3. The summed E-state index contributed by atoms with van der Waals surface area (Å²) in [6, 6.07) is 16.1. The highest BCUT2D eigenvalue weighted by Crippen LogP contribution is 2.37. The molecule has 41 heavy (non-hydrogen) atoms. The van der Waals surface area contributed by atoms with Gasteiger partial charge in [-0.25, -0.2) is 4.68 Å². The third-order valence-corrected chi connectivity index (χ3v) is 6.73. The molecular formula is C26H18N6O8S. The first-order valence-corrected chi connectivity index (χ1v) is 12.6. The Hall–Kier alpha value is -5.57. The standard InChI is InChI=1S/C26H18N6O8S/c1-39-22-11-2-16(12-23(22)40-21-9-7-20(8-10-21)32(37)38)13-24-25(33)29(26(34)41-24)14-17-15-30(28-27-17)18-3-5-19(6-4-18)31(35)36/h2-13,15H,14H2,1H3/b24-13-. The third-order valence-electron chi connectivity index (χ3n) is 5.82. The second-order valence-corrected chi connectivity index (χ2v) is 9.45. The van der Waals surface area contributed by atoms with Gasteiger partial charge in [-0.3, -0.25) is 34.7 Å². The molecule has 0 saturated carbocycles. The van der Waals surface area contributed by atoms with E-state index < -0.39 is 21.0 Å². The van der Waals surface area contributed by atoms with E-state index >= 15 is 0 Å². The fraction of sp³-hybridized carbons (Fsp3) is 0.0769. The molecular weight excluding hydrogens is 556 g/mol. The molecule has 15 heteroatoms. The van der Waals surface area contributed by atoms with Gasteiger partial charge in [0.15, 0.2) is 11.5 Å². The largest absolute Gasteiger partial charge is 0.493 e. The molecule has 5 rings (SSSR count). The van der Waals surface area contributed by atoms with Crippen LogP contribution in [-0.4, -0.2) is 48.0 Å². The Morgan fingerprint density at radius 2 is 1.59 bits per heavy atom. The van der Waals surface area contributed by atoms with Crippen LogP contribution < -0.4 is 9.47 Å². The summed E-state index contributed by atoms with van der Waals surface area (Å²) in [4.78, 5) is 47.7. The van der Waals surface area contributed by atoms with Gasteiger partial charge in [0.2, 0.25) is 0 Å². The van der Waals surface area contributed by atoms with E-state index in [1.807, 2.05) is 0 Å². The van der Waals surface area contributed by atoms with Gasteiger partial charge in [-0.2, -0.15) is 0 Å². The summed E-state index contributed by atoms with van der Waals surface area (Å²) in [6.07, 6.45) is 3.07. The summed E-state index contributed by atoms with van der Waals surface area (Å²) in [7, 11) is 1.46. The van der Waals surface area contributed by atoms with Gasteiger partial charge in [0, 0.05) is 24.3 Å². The number of rotatable bonds is 9. The maximum Gasteiger partial charge on any atom is 0.293 e. The maximum absolute atomic E-state index is 13.1. The number of nitro groups is 2. The van der Waals surface area contributed by atoms with Crippen LogP contribution >= 0.6 is 11.8 Å². The zero-order valence-corrected chi connectivity index (χ0v) is 21.9. The van der Waals surface area contributed by atoms with Crippen molar-refractivity contribution in [3.05, 3.63) is 109 Å². The number of nitrogens with zero attached hydrogens (tertiary/aromatic N) is 6. The van der Waals surface area contributed by atoms with Crippen molar-refractivity contribution in [1.29, 1.82) is 0 Å². The average molecular weight is 575 g/mol. The van der Waals surface area contributed by atoms with E-state index in [0.717, 1.165) is 16.7 Å². The minimum absolute atomic E-state index is 0.0689. The van der Waals surface area contributed by atoms with Crippen molar-refractivity contribution >= 4 is 40.4 Å². The lowest BCUT2D eigenvalue weighted by Crippen LogP contribution is -2.27. The molecule has 0 atom stereocenters. The Bertz CT molecular complexity index is 1700. The van der Waals surface area contributed by atoms with E-state index in [1.54, 1.807) is 24.3 Å². The Kier molecular flexibility index (Phi) is 7.43. The molecule has 0 spiro atoms. The first-order chi connectivity index (χ1) is 19.7. The molecule has 1 aliphatic rings. The summed E-state index contributed by atoms with van der Waals surface area (Å²) in [5, 5.41) is 29.3. The van der Waals surface area contributed by atoms with Crippen LogP contribution in [0.2, 0.25) is 0 Å². The summed E-state index contributed by atoms with van der Waals surface area (Å²) in [6.45, 7) is -0.119. The smallest absolute Gasteiger partial charge is 0.293 e. The van der Waals surface area contributed by atoms with E-state index in [2.05, 4.69) is 10.3 Å². The molecule has 0 radical (unpaired) electrons. The van der Waals surface area contributed by atoms with E-state index in [4.69, 9.17) is 9.47 Å². The Morgan fingerprint density at radius 3 is 2.22 bits per heavy atom. The van der Waals surface area contributed by atoms with Crippen LogP contribution in [0.4, 0.5) is 16.2 Å². The van der Waals surface area contributed by atoms with Crippen LogP contribution in [0.5, 0.6) is 17.2 Å². The second-order valence-electron chi connectivity index (χ2n) is 8.46. The average Bonchev–Trinajstić information content (AvgIpc) is 3.54. The number of thioether (sulfide) groups is 1. The summed E-state index contributed by atoms with van der Waals surface area (Å²) >= 11 is 0.771. The van der Waals surface area contributed by atoms with Crippen molar-refractivity contribution in [2.75, 3.05) is 7.11 Å². The molecule has 14 nitrogen and oxygen atoms in total. The highest BCUT2D eigenvalue weighted by molar-refractivity contribution is 8.18. The first-order valence-electron chi connectivity index (χ1n) is 11.7. The van der Waals surface area contributed by atoms with E-state index in [1.165, 1.54) is 66.5 Å². The molecule has 1 fully saturated rings. The molecule has 3 aromatic carbocycles. The highest BCUT2D eigenvalue weighted by Gasteiger charge is 2.35. The van der Waals surface area contributed by atoms with Crippen LogP contribution in [0.3, 0.4) is 0 Å². The number of hydrogen-bond donors (Lipinski definition) is 0. The number of hydrogen-bond acceptors (Lipinski definition) is 11. The molecule has 0 aliphatic carbocycles. The normalized spacial score (nSPS) is 14.0. The van der Waals surface area contributed by atoms with E-state index in [9.17, 15) is 29.8 Å². The number of carbonyl (C=O) groups is 2. The molecule has 1 aromatic heterocycles. The minimum Gasteiger partial charge on any atom is -0.493 e. The predicted octanol–water partition coefficient (Wildman–Crippen LogP) is 5.12. The van der Waals surface area contributed by atoms with Gasteiger partial charge in [-0.05, 0) is 59.8 Å². The van der Waals surface area contributed by atoms with Crippen molar-refractivity contribution in [3.8, 4) is 22.9 Å². The number of ether oxygens (including phenoxy) is 2. The number of imide groups is 1. The second kappa shape index (κ2) is 11.3. The highest BCUT2D eigenvalue weighted by atomic mass is 32.2. The van der Waals surface area contributed by atoms with Crippen LogP contribution in [-0.2, 0) is 11.3 Å². The van der Waals surface area contributed by atoms with Gasteiger partial charge in [0.05, 0.1) is 40.3 Å². The van der Waals surface area contributed by atoms with Gasteiger partial charge in [-0.15, -0.1) is 5.10 Å². The van der Waals surface area contributed by atoms with Crippen molar-refractivity contribution in [2.45, 2.75) is 6.54 Å². The molecule has 1 saturated heterocycles. The van der Waals surface area contributed by atoms with Crippen LogP contribution in [0.1, 0.15) is 11.3 Å². The number of non-ortho nitro benzene ring substituents is 2. The quantitative estimate of drug-likeness (QED) is 0.147. The van der Waals surface area contributed by atoms with Crippen LogP contribution in [0.15, 0.2) is 77.8 Å². The summed E-state index contributed by atoms with van der Waals surface area (Å²) in [5.74, 6) is 0.522. The van der Waals surface area contributed by atoms with Gasteiger partial charge >= 0.3 is 0 Å². The number of amides is 2. The lowest BCUT2D eigenvalue weighted by atomic mass is 10.1. The van der Waals surface area contributed by atoms with Crippen molar-refractivity contribution in [3.63, 3.8) is 0 Å². The van der Waals surface area contributed by atoms with Gasteiger partial charge in [-0.1, -0.05) is 11.3 Å². The molecule has 206 valence electrons. The minimum atomic E-state index is -0.515. The van der Waals surface area contributed by atoms with Gasteiger partial charge < -0.3 is 9.47 Å². The topological polar surface area (TPSA) is 173 Å².